The maximum absolute atomic E-state index is 14.0. The fourth-order valence-corrected chi connectivity index (χ4v) is 4.69. The molecule has 6 aromatic rings. The average Bonchev–Trinajstić information content (AvgIpc) is 3.10. The molecule has 2 amide bonds. The number of nitrogens with two attached hydrogens (primary N) is 2. The molecule has 49 heavy (non-hydrogen) atoms. The highest BCUT2D eigenvalue weighted by atomic mass is 19.1. The molecule has 0 saturated heterocycles. The Morgan fingerprint density at radius 2 is 1.06 bits per heavy atom. The molecule has 0 aliphatic heterocycles. The van der Waals surface area contributed by atoms with Crippen LogP contribution in [0, 0.1) is 11.6 Å². The number of methoxy groups -OCH3 is 4. The van der Waals surface area contributed by atoms with Crippen LogP contribution in [0.2, 0.25) is 0 Å². The number of halogens is 2. The lowest BCUT2D eigenvalue weighted by molar-refractivity contribution is 0.259. The molecule has 0 fully saturated rings. The van der Waals surface area contributed by atoms with E-state index in [0.29, 0.717) is 56.7 Å². The molecule has 0 unspecified atom stereocenters. The molecule has 6 rings (SSSR count). The first-order chi connectivity index (χ1) is 23.6. The van der Waals surface area contributed by atoms with Gasteiger partial charge >= 0.3 is 6.03 Å². The Morgan fingerprint density at radius 3 is 1.49 bits per heavy atom. The number of urea groups is 1. The Hall–Kier alpha value is -6.57. The van der Waals surface area contributed by atoms with Gasteiger partial charge in [0, 0.05) is 47.4 Å². The quantitative estimate of drug-likeness (QED) is 0.132. The molecule has 2 aromatic heterocycles. The van der Waals surface area contributed by atoms with Crippen molar-refractivity contribution in [3.63, 3.8) is 0 Å². The summed E-state index contributed by atoms with van der Waals surface area (Å²) in [5.41, 5.74) is 11.8. The number of primary amides is 1. The number of nitrogens with one attached hydrogen (secondary N) is 1. The fourth-order valence-electron chi connectivity index (χ4n) is 4.69. The largest absolute Gasteiger partial charge is 0.493 e. The van der Waals surface area contributed by atoms with Gasteiger partial charge in [0.05, 0.1) is 50.8 Å². The number of hydrogen-bond acceptors (Lipinski definition) is 10. The van der Waals surface area contributed by atoms with Crippen LogP contribution in [0.5, 0.6) is 46.0 Å². The van der Waals surface area contributed by atoms with E-state index in [0.717, 1.165) is 11.5 Å². The van der Waals surface area contributed by atoms with Gasteiger partial charge in [0.25, 0.3) is 0 Å². The third-order valence-electron chi connectivity index (χ3n) is 7.04. The molecule has 5 N–H and O–H groups in total. The minimum Gasteiger partial charge on any atom is -0.493 e. The number of hydrogen-bond donors (Lipinski definition) is 3. The van der Waals surface area contributed by atoms with Gasteiger partial charge in [-0.2, -0.15) is 0 Å². The minimum absolute atomic E-state index is 0.0316. The number of aromatic nitrogens is 2. The minimum atomic E-state index is -0.848. The molecule has 0 radical (unpaired) electrons. The Labute approximate surface area is 279 Å². The third kappa shape index (κ3) is 7.71. The Bertz CT molecular complexity index is 2150. The number of rotatable bonds is 9. The first kappa shape index (κ1) is 33.8. The highest BCUT2D eigenvalue weighted by molar-refractivity contribution is 5.90. The van der Waals surface area contributed by atoms with Crippen LogP contribution < -0.4 is 45.2 Å². The van der Waals surface area contributed by atoms with Crippen LogP contribution in [-0.2, 0) is 0 Å². The number of pyridine rings is 2. The van der Waals surface area contributed by atoms with Crippen molar-refractivity contribution in [2.45, 2.75) is 0 Å². The summed E-state index contributed by atoms with van der Waals surface area (Å²) in [6, 6.07) is 17.8. The second-order valence-corrected chi connectivity index (χ2v) is 10.1. The maximum atomic E-state index is 14.0. The number of carbonyl (C=O) groups is 1. The van der Waals surface area contributed by atoms with Crippen LogP contribution in [0.25, 0.3) is 21.8 Å². The molecule has 0 spiro atoms. The van der Waals surface area contributed by atoms with Crippen molar-refractivity contribution in [1.82, 2.24) is 9.97 Å². The van der Waals surface area contributed by atoms with Gasteiger partial charge in [-0.25, -0.2) is 13.6 Å². The van der Waals surface area contributed by atoms with Crippen molar-refractivity contribution in [3.05, 3.63) is 96.8 Å². The second kappa shape index (κ2) is 14.9. The monoisotopic (exact) mass is 671 g/mol. The van der Waals surface area contributed by atoms with Crippen LogP contribution >= 0.6 is 0 Å². The lowest BCUT2D eigenvalue weighted by Crippen LogP contribution is -2.19. The summed E-state index contributed by atoms with van der Waals surface area (Å²) in [6.07, 6.45) is 3.18. The van der Waals surface area contributed by atoms with Crippen molar-refractivity contribution in [1.29, 1.82) is 0 Å². The summed E-state index contributed by atoms with van der Waals surface area (Å²) in [7, 11) is 6.17. The number of amides is 2. The van der Waals surface area contributed by atoms with E-state index in [1.807, 2.05) is 0 Å². The van der Waals surface area contributed by atoms with E-state index in [4.69, 9.17) is 39.9 Å². The lowest BCUT2D eigenvalue weighted by atomic mass is 10.2. The van der Waals surface area contributed by atoms with E-state index in [9.17, 15) is 13.6 Å². The predicted octanol–water partition coefficient (Wildman–Crippen LogP) is 7.44. The molecule has 14 heteroatoms. The summed E-state index contributed by atoms with van der Waals surface area (Å²) in [6.45, 7) is 0. The summed E-state index contributed by atoms with van der Waals surface area (Å²) in [5.74, 6) is 2.58. The molecule has 252 valence electrons. The zero-order valence-electron chi connectivity index (χ0n) is 26.7. The van der Waals surface area contributed by atoms with E-state index in [1.165, 1.54) is 38.5 Å². The Balaban J connectivity index is 0.000000192. The molecule has 0 aliphatic carbocycles. The van der Waals surface area contributed by atoms with Gasteiger partial charge in [-0.05, 0) is 48.5 Å². The van der Waals surface area contributed by atoms with Gasteiger partial charge in [-0.15, -0.1) is 0 Å². The number of fused-ring (bicyclic) bond motifs is 2. The SMILES string of the molecule is COc1cc2nccc(Oc3ccc(N)c(F)c3)c2cc1OC.COc1cc2nccc(Oc3ccc(NC(N)=O)c(F)c3)c2cc1OC. The number of nitrogens with zero attached hydrogens (tertiary/aromatic N) is 2. The number of carbonyl (C=O) groups excluding carboxylic acids is 1. The van der Waals surface area contributed by atoms with Crippen LogP contribution in [0.3, 0.4) is 0 Å². The van der Waals surface area contributed by atoms with Gasteiger partial charge < -0.3 is 45.2 Å². The Morgan fingerprint density at radius 1 is 0.612 bits per heavy atom. The van der Waals surface area contributed by atoms with Crippen molar-refractivity contribution < 1.29 is 42.0 Å². The van der Waals surface area contributed by atoms with Crippen LogP contribution in [0.4, 0.5) is 25.0 Å². The number of ether oxygens (including phenoxy) is 6. The first-order valence-corrected chi connectivity index (χ1v) is 14.4. The second-order valence-electron chi connectivity index (χ2n) is 10.1. The van der Waals surface area contributed by atoms with Crippen molar-refractivity contribution in [2.75, 3.05) is 39.5 Å². The summed E-state index contributed by atoms with van der Waals surface area (Å²) < 4.78 is 60.3. The van der Waals surface area contributed by atoms with Gasteiger partial charge in [0.2, 0.25) is 0 Å². The summed E-state index contributed by atoms with van der Waals surface area (Å²) in [5, 5.41) is 3.58. The normalized spacial score (nSPS) is 10.5. The molecular formula is C35H31F2N5O7. The van der Waals surface area contributed by atoms with Crippen LogP contribution in [0.1, 0.15) is 0 Å². The summed E-state index contributed by atoms with van der Waals surface area (Å²) in [4.78, 5) is 19.4. The molecular weight excluding hydrogens is 640 g/mol. The zero-order valence-corrected chi connectivity index (χ0v) is 26.7. The van der Waals surface area contributed by atoms with E-state index < -0.39 is 17.7 Å². The van der Waals surface area contributed by atoms with Crippen LogP contribution in [-0.4, -0.2) is 44.4 Å². The molecule has 0 aliphatic rings. The highest BCUT2D eigenvalue weighted by Gasteiger charge is 2.14. The molecule has 0 atom stereocenters. The molecule has 0 saturated carbocycles. The molecule has 12 nitrogen and oxygen atoms in total. The van der Waals surface area contributed by atoms with Gasteiger partial charge in [0.15, 0.2) is 23.0 Å². The molecule has 2 heterocycles. The number of anilines is 2. The Kier molecular flexibility index (Phi) is 10.3. The smallest absolute Gasteiger partial charge is 0.316 e. The van der Waals surface area contributed by atoms with E-state index in [-0.39, 0.29) is 17.1 Å². The topological polar surface area (TPSA) is 162 Å². The third-order valence-corrected chi connectivity index (χ3v) is 7.04. The van der Waals surface area contributed by atoms with E-state index in [1.54, 1.807) is 69.1 Å². The first-order valence-electron chi connectivity index (χ1n) is 14.4. The number of benzene rings is 4. The van der Waals surface area contributed by atoms with E-state index in [2.05, 4.69) is 15.3 Å². The average molecular weight is 672 g/mol. The van der Waals surface area contributed by atoms with Crippen LogP contribution in [0.15, 0.2) is 85.2 Å². The van der Waals surface area contributed by atoms with Crippen molar-refractivity contribution in [2.24, 2.45) is 5.73 Å². The van der Waals surface area contributed by atoms with Crippen molar-refractivity contribution >= 4 is 39.2 Å². The molecule has 4 aromatic carbocycles. The van der Waals surface area contributed by atoms with Gasteiger partial charge in [-0.1, -0.05) is 0 Å². The highest BCUT2D eigenvalue weighted by Crippen LogP contribution is 2.38. The standard InChI is InChI=1S/C18H16FN3O4.C17H15FN2O3/c1-24-16-8-11-14(9-17(16)25-2)21-6-5-15(11)26-10-3-4-13(12(19)7-10)22-18(20)23;1-21-16-8-11-14(9-17(16)22-2)20-6-5-15(11)23-10-3-4-13(19)12(18)7-10/h3-9H,1-2H3,(H3,20,22,23);3-9H,19H2,1-2H3. The lowest BCUT2D eigenvalue weighted by Gasteiger charge is -2.13. The zero-order chi connectivity index (χ0) is 35.1. The summed E-state index contributed by atoms with van der Waals surface area (Å²) >= 11 is 0. The van der Waals surface area contributed by atoms with Gasteiger partial charge in [0.1, 0.15) is 34.6 Å². The van der Waals surface area contributed by atoms with Gasteiger partial charge in [-0.3, -0.25) is 9.97 Å². The number of nitrogen functional groups attached to an aromatic ring is 1. The predicted molar refractivity (Wildman–Crippen MR) is 180 cm³/mol. The van der Waals surface area contributed by atoms with E-state index >= 15 is 0 Å². The van der Waals surface area contributed by atoms with Crippen molar-refractivity contribution in [3.8, 4) is 46.0 Å². The fraction of sp³-hybridized carbons (Fsp3) is 0.114. The molecule has 0 bridgehead atoms. The maximum Gasteiger partial charge on any atom is 0.316 e.